The lowest BCUT2D eigenvalue weighted by molar-refractivity contribution is -0.139. The van der Waals surface area contributed by atoms with Gasteiger partial charge in [0.25, 0.3) is 0 Å². The first kappa shape index (κ1) is 22.5. The number of carboxylic acid groups (broad SMARTS) is 1. The highest BCUT2D eigenvalue weighted by Crippen LogP contribution is 2.47. The largest absolute Gasteiger partial charge is 0.497 e. The molecule has 0 bridgehead atoms. The number of aliphatic carboxylic acids is 1. The van der Waals surface area contributed by atoms with E-state index >= 15 is 0 Å². The summed E-state index contributed by atoms with van der Waals surface area (Å²) in [4.78, 5) is 17.3. The van der Waals surface area contributed by atoms with Gasteiger partial charge in [-0.05, 0) is 42.2 Å². The monoisotopic (exact) mass is 489 g/mol. The topological polar surface area (TPSA) is 68.7 Å². The summed E-state index contributed by atoms with van der Waals surface area (Å²) in [5.74, 6) is 0.489. The number of aromatic nitrogens is 1. The molecule has 34 heavy (non-hydrogen) atoms. The van der Waals surface area contributed by atoms with Gasteiger partial charge in [-0.15, -0.1) is 11.3 Å². The average Bonchev–Trinajstić information content (AvgIpc) is 3.30. The second-order valence-corrected chi connectivity index (χ2v) is 10.3. The predicted molar refractivity (Wildman–Crippen MR) is 135 cm³/mol. The number of ether oxygens (including phenoxy) is 2. The second kappa shape index (κ2) is 9.91. The molecule has 0 saturated heterocycles. The Kier molecular flexibility index (Phi) is 6.56. The van der Waals surface area contributed by atoms with Crippen LogP contribution in [0, 0.1) is 0 Å². The van der Waals surface area contributed by atoms with Crippen LogP contribution in [0.25, 0.3) is 11.3 Å². The fourth-order valence-corrected chi connectivity index (χ4v) is 6.67. The molecule has 4 aromatic rings. The summed E-state index contributed by atoms with van der Waals surface area (Å²) in [5.41, 5.74) is 5.46. The summed E-state index contributed by atoms with van der Waals surface area (Å²) in [6.45, 7) is -0.345. The molecule has 1 unspecified atom stereocenters. The van der Waals surface area contributed by atoms with Gasteiger partial charge >= 0.3 is 5.97 Å². The Labute approximate surface area is 206 Å². The molecule has 172 valence electrons. The summed E-state index contributed by atoms with van der Waals surface area (Å²) in [6, 6.07) is 24.5. The molecule has 3 aromatic carbocycles. The van der Waals surface area contributed by atoms with Crippen molar-refractivity contribution in [3.05, 3.63) is 94.4 Å². The number of benzene rings is 3. The van der Waals surface area contributed by atoms with Crippen LogP contribution in [0.4, 0.5) is 0 Å². The smallest absolute Gasteiger partial charge is 0.341 e. The van der Waals surface area contributed by atoms with E-state index in [0.29, 0.717) is 5.75 Å². The van der Waals surface area contributed by atoms with Crippen molar-refractivity contribution in [1.82, 2.24) is 4.98 Å². The molecule has 1 aliphatic rings. The molecule has 0 spiro atoms. The van der Waals surface area contributed by atoms with Crippen molar-refractivity contribution in [3.8, 4) is 22.8 Å². The van der Waals surface area contributed by atoms with Gasteiger partial charge in [-0.1, -0.05) is 66.4 Å². The predicted octanol–water partition coefficient (Wildman–Crippen LogP) is 6.26. The Morgan fingerprint density at radius 2 is 1.79 bits per heavy atom. The number of aryl methyl sites for hydroxylation is 1. The fourth-order valence-electron chi connectivity index (χ4n) is 4.15. The van der Waals surface area contributed by atoms with Crippen LogP contribution < -0.4 is 9.47 Å². The number of thioether (sulfide) groups is 1. The van der Waals surface area contributed by atoms with E-state index in [0.717, 1.165) is 39.8 Å². The quantitative estimate of drug-likeness (QED) is 0.295. The van der Waals surface area contributed by atoms with Crippen LogP contribution in [0.15, 0.2) is 77.1 Å². The number of carboxylic acids is 1. The minimum Gasteiger partial charge on any atom is -0.497 e. The Morgan fingerprint density at radius 3 is 2.53 bits per heavy atom. The third-order valence-electron chi connectivity index (χ3n) is 5.76. The molecule has 7 heteroatoms. The van der Waals surface area contributed by atoms with Gasteiger partial charge in [0.1, 0.15) is 11.5 Å². The molecule has 1 N–H and O–H groups in total. The molecule has 5 nitrogen and oxygen atoms in total. The van der Waals surface area contributed by atoms with Crippen molar-refractivity contribution in [3.63, 3.8) is 0 Å². The molecular formula is C27H23NO4S2. The molecule has 0 radical (unpaired) electrons. The van der Waals surface area contributed by atoms with Crippen LogP contribution >= 0.6 is 23.1 Å². The van der Waals surface area contributed by atoms with Gasteiger partial charge < -0.3 is 14.6 Å². The summed E-state index contributed by atoms with van der Waals surface area (Å²) < 4.78 is 11.9. The van der Waals surface area contributed by atoms with Crippen molar-refractivity contribution in [2.45, 2.75) is 22.4 Å². The van der Waals surface area contributed by atoms with Crippen LogP contribution in [0.3, 0.4) is 0 Å². The van der Waals surface area contributed by atoms with Gasteiger partial charge in [-0.25, -0.2) is 9.78 Å². The van der Waals surface area contributed by atoms with E-state index in [1.807, 2.05) is 36.4 Å². The number of methoxy groups -OCH3 is 1. The number of thiazole rings is 1. The van der Waals surface area contributed by atoms with Gasteiger partial charge in [0.15, 0.2) is 10.9 Å². The van der Waals surface area contributed by atoms with E-state index in [2.05, 4.69) is 36.4 Å². The minimum atomic E-state index is -0.980. The molecule has 1 atom stereocenters. The molecule has 1 aromatic heterocycles. The summed E-state index contributed by atoms with van der Waals surface area (Å²) in [7, 11) is 1.68. The van der Waals surface area contributed by atoms with Crippen LogP contribution in [0.1, 0.15) is 26.8 Å². The van der Waals surface area contributed by atoms with E-state index in [9.17, 15) is 4.79 Å². The SMILES string of the molecule is COc1ccc(C(Sc2nc3c(s2)CCc2c(OCC(=O)O)cccc2-3)c2ccccc2)cc1. The normalized spacial score (nSPS) is 13.0. The highest BCUT2D eigenvalue weighted by molar-refractivity contribution is 8.01. The Balaban J connectivity index is 1.47. The zero-order valence-corrected chi connectivity index (χ0v) is 20.2. The molecule has 1 heterocycles. The molecule has 0 aliphatic heterocycles. The van der Waals surface area contributed by atoms with Gasteiger partial charge in [0.05, 0.1) is 18.1 Å². The van der Waals surface area contributed by atoms with Gasteiger partial charge in [-0.3, -0.25) is 0 Å². The maximum absolute atomic E-state index is 11.0. The van der Waals surface area contributed by atoms with Gasteiger partial charge in [0, 0.05) is 16.0 Å². The van der Waals surface area contributed by atoms with Crippen LogP contribution in [0.2, 0.25) is 0 Å². The van der Waals surface area contributed by atoms with Crippen LogP contribution in [-0.4, -0.2) is 29.8 Å². The van der Waals surface area contributed by atoms with Crippen LogP contribution in [-0.2, 0) is 17.6 Å². The van der Waals surface area contributed by atoms with Crippen molar-refractivity contribution < 1.29 is 19.4 Å². The first-order valence-electron chi connectivity index (χ1n) is 10.9. The first-order chi connectivity index (χ1) is 16.6. The second-order valence-electron chi connectivity index (χ2n) is 7.90. The summed E-state index contributed by atoms with van der Waals surface area (Å²) >= 11 is 3.49. The average molecular weight is 490 g/mol. The summed E-state index contributed by atoms with van der Waals surface area (Å²) in [6.07, 6.45) is 1.68. The zero-order valence-electron chi connectivity index (χ0n) is 18.6. The standard InChI is InChI=1S/C27H23NO4S2/c1-31-19-12-10-18(11-13-19)26(17-6-3-2-4-7-17)34-27-28-25-21-8-5-9-22(32-16-24(29)30)20(21)14-15-23(25)33-27/h2-13,26H,14-16H2,1H3,(H,29,30). The van der Waals surface area contributed by atoms with E-state index in [1.54, 1.807) is 30.2 Å². The highest BCUT2D eigenvalue weighted by atomic mass is 32.2. The van der Waals surface area contributed by atoms with Crippen molar-refractivity contribution >= 4 is 29.1 Å². The number of hydrogen-bond acceptors (Lipinski definition) is 6. The summed E-state index contributed by atoms with van der Waals surface area (Å²) in [5, 5.41) is 9.10. The Bertz CT molecular complexity index is 1300. The molecule has 0 amide bonds. The highest BCUT2D eigenvalue weighted by Gasteiger charge is 2.26. The van der Waals surface area contributed by atoms with Crippen molar-refractivity contribution in [2.75, 3.05) is 13.7 Å². The van der Waals surface area contributed by atoms with E-state index in [1.165, 1.54) is 16.0 Å². The fraction of sp³-hybridized carbons (Fsp3) is 0.185. The van der Waals surface area contributed by atoms with E-state index in [-0.39, 0.29) is 11.9 Å². The van der Waals surface area contributed by atoms with Crippen molar-refractivity contribution in [2.24, 2.45) is 0 Å². The van der Waals surface area contributed by atoms with E-state index in [4.69, 9.17) is 19.6 Å². The Hall–Kier alpha value is -3.29. The molecule has 1 aliphatic carbocycles. The third-order valence-corrected chi connectivity index (χ3v) is 8.28. The maximum atomic E-state index is 11.0. The number of fused-ring (bicyclic) bond motifs is 3. The number of rotatable bonds is 8. The molecule has 0 saturated carbocycles. The molecular weight excluding hydrogens is 466 g/mol. The van der Waals surface area contributed by atoms with E-state index < -0.39 is 5.97 Å². The lowest BCUT2D eigenvalue weighted by atomic mass is 9.93. The van der Waals surface area contributed by atoms with Gasteiger partial charge in [-0.2, -0.15) is 0 Å². The number of carbonyl (C=O) groups is 1. The number of hydrogen-bond donors (Lipinski definition) is 1. The lowest BCUT2D eigenvalue weighted by Gasteiger charge is -2.18. The maximum Gasteiger partial charge on any atom is 0.341 e. The van der Waals surface area contributed by atoms with Crippen molar-refractivity contribution in [1.29, 1.82) is 0 Å². The third kappa shape index (κ3) is 4.67. The zero-order chi connectivity index (χ0) is 23.5. The lowest BCUT2D eigenvalue weighted by Crippen LogP contribution is -2.12. The Morgan fingerprint density at radius 1 is 1.03 bits per heavy atom. The molecule has 5 rings (SSSR count). The minimum absolute atomic E-state index is 0.101. The van der Waals surface area contributed by atoms with Gasteiger partial charge in [0.2, 0.25) is 0 Å². The number of nitrogens with zero attached hydrogens (tertiary/aromatic N) is 1. The van der Waals surface area contributed by atoms with Crippen LogP contribution in [0.5, 0.6) is 11.5 Å². The molecule has 0 fully saturated rings. The first-order valence-corrected chi connectivity index (χ1v) is 12.6.